The third-order valence-corrected chi connectivity index (χ3v) is 1.73. The Labute approximate surface area is 99.7 Å². The second kappa shape index (κ2) is 7.16. The van der Waals surface area contributed by atoms with Gasteiger partial charge in [0.25, 0.3) is 0 Å². The molecular weight excluding hydrogens is 220 g/mol. The number of rotatable bonds is 6. The molecule has 1 aromatic rings. The minimum Gasteiger partial charge on any atom is -0.459 e. The van der Waals surface area contributed by atoms with Crippen molar-refractivity contribution in [1.82, 2.24) is 0 Å². The van der Waals surface area contributed by atoms with Gasteiger partial charge in [-0.05, 0) is 19.1 Å². The molecule has 0 fully saturated rings. The van der Waals surface area contributed by atoms with Crippen LogP contribution in [-0.4, -0.2) is 19.2 Å². The molecule has 0 heterocycles. The zero-order valence-electron chi connectivity index (χ0n) is 9.63. The molecule has 5 nitrogen and oxygen atoms in total. The van der Waals surface area contributed by atoms with Gasteiger partial charge in [0, 0.05) is 10.9 Å². The van der Waals surface area contributed by atoms with Gasteiger partial charge in [-0.25, -0.2) is 4.79 Å². The molecule has 0 aromatic heterocycles. The third-order valence-electron chi connectivity index (χ3n) is 1.73. The van der Waals surface area contributed by atoms with Crippen molar-refractivity contribution in [2.75, 3.05) is 13.2 Å². The highest BCUT2D eigenvalue weighted by Crippen LogP contribution is 2.09. The fraction of sp³-hybridized carbons (Fsp3) is 0.250. The number of nitrogens with zero attached hydrogens (tertiary/aromatic N) is 2. The molecular formula is C12H14N2O3. The molecule has 0 saturated carbocycles. The van der Waals surface area contributed by atoms with Crippen molar-refractivity contribution in [2.45, 2.75) is 6.92 Å². The first-order chi connectivity index (χ1) is 8.20. The van der Waals surface area contributed by atoms with E-state index in [0.717, 1.165) is 0 Å². The lowest BCUT2D eigenvalue weighted by Crippen LogP contribution is -2.09. The molecule has 90 valence electrons. The van der Waals surface area contributed by atoms with Crippen molar-refractivity contribution < 1.29 is 14.4 Å². The van der Waals surface area contributed by atoms with Crippen molar-refractivity contribution >= 4 is 11.7 Å². The van der Waals surface area contributed by atoms with Crippen LogP contribution < -0.4 is 0 Å². The Balaban J connectivity index is 2.15. The second-order valence-corrected chi connectivity index (χ2v) is 3.27. The van der Waals surface area contributed by atoms with Crippen LogP contribution in [0.2, 0.25) is 0 Å². The normalized spacial score (nSPS) is 10.2. The SMILES string of the molecule is C=C(C)C(=O)OCCO/N=N/c1ccccc1. The summed E-state index contributed by atoms with van der Waals surface area (Å²) in [6, 6.07) is 9.19. The lowest BCUT2D eigenvalue weighted by atomic mass is 10.3. The van der Waals surface area contributed by atoms with E-state index in [4.69, 9.17) is 9.57 Å². The molecule has 5 heteroatoms. The van der Waals surface area contributed by atoms with Gasteiger partial charge in [0.1, 0.15) is 6.61 Å². The van der Waals surface area contributed by atoms with E-state index in [1.807, 2.05) is 18.2 Å². The molecule has 0 aliphatic heterocycles. The van der Waals surface area contributed by atoms with Gasteiger partial charge in [0.05, 0.1) is 5.69 Å². The quantitative estimate of drug-likeness (QED) is 0.250. The molecule has 0 N–H and O–H groups in total. The van der Waals surface area contributed by atoms with Crippen LogP contribution in [0, 0.1) is 0 Å². The van der Waals surface area contributed by atoms with Crippen molar-refractivity contribution in [3.05, 3.63) is 42.5 Å². The third kappa shape index (κ3) is 5.46. The average Bonchev–Trinajstić information content (AvgIpc) is 2.34. The largest absolute Gasteiger partial charge is 0.459 e. The Morgan fingerprint density at radius 1 is 1.29 bits per heavy atom. The smallest absolute Gasteiger partial charge is 0.333 e. The minimum absolute atomic E-state index is 0.125. The summed E-state index contributed by atoms with van der Waals surface area (Å²) in [6.07, 6.45) is 0. The number of ether oxygens (including phenoxy) is 1. The van der Waals surface area contributed by atoms with Gasteiger partial charge in [-0.2, -0.15) is 0 Å². The Hall–Kier alpha value is -2.17. The standard InChI is InChI=1S/C12H14N2O3/c1-10(2)12(15)16-8-9-17-14-13-11-6-4-3-5-7-11/h3-7H,1,8-9H2,2H3/b14-13+. The predicted molar refractivity (Wildman–Crippen MR) is 62.7 cm³/mol. The summed E-state index contributed by atoms with van der Waals surface area (Å²) in [6.45, 7) is 5.32. The van der Waals surface area contributed by atoms with E-state index in [1.54, 1.807) is 19.1 Å². The van der Waals surface area contributed by atoms with Crippen LogP contribution in [0.4, 0.5) is 5.69 Å². The summed E-state index contributed by atoms with van der Waals surface area (Å²) >= 11 is 0. The highest BCUT2D eigenvalue weighted by atomic mass is 16.7. The summed E-state index contributed by atoms with van der Waals surface area (Å²) in [5.74, 6) is -0.436. The van der Waals surface area contributed by atoms with Gasteiger partial charge in [-0.3, -0.25) is 0 Å². The first kappa shape index (κ1) is 12.9. The zero-order chi connectivity index (χ0) is 12.5. The molecule has 0 atom stereocenters. The van der Waals surface area contributed by atoms with Crippen LogP contribution in [0.3, 0.4) is 0 Å². The van der Waals surface area contributed by atoms with Crippen LogP contribution in [0.15, 0.2) is 52.9 Å². The van der Waals surface area contributed by atoms with E-state index in [9.17, 15) is 4.79 Å². The summed E-state index contributed by atoms with van der Waals surface area (Å²) in [5, 5.41) is 7.30. The number of esters is 1. The van der Waals surface area contributed by atoms with Crippen molar-refractivity contribution in [3.63, 3.8) is 0 Å². The molecule has 0 spiro atoms. The van der Waals surface area contributed by atoms with Crippen LogP contribution >= 0.6 is 0 Å². The highest BCUT2D eigenvalue weighted by Gasteiger charge is 2.01. The van der Waals surface area contributed by atoms with E-state index in [1.165, 1.54) is 0 Å². The topological polar surface area (TPSA) is 60.2 Å². The number of carbonyl (C=O) groups is 1. The lowest BCUT2D eigenvalue weighted by Gasteiger charge is -2.01. The minimum atomic E-state index is -0.436. The monoisotopic (exact) mass is 234 g/mol. The lowest BCUT2D eigenvalue weighted by molar-refractivity contribution is -0.140. The van der Waals surface area contributed by atoms with Crippen molar-refractivity contribution in [3.8, 4) is 0 Å². The first-order valence-electron chi connectivity index (χ1n) is 5.11. The Morgan fingerprint density at radius 2 is 2.00 bits per heavy atom. The van der Waals surface area contributed by atoms with E-state index in [-0.39, 0.29) is 13.2 Å². The molecule has 0 radical (unpaired) electrons. The maximum Gasteiger partial charge on any atom is 0.333 e. The van der Waals surface area contributed by atoms with Gasteiger partial charge in [0.15, 0.2) is 6.61 Å². The van der Waals surface area contributed by atoms with Crippen LogP contribution in [-0.2, 0) is 14.4 Å². The van der Waals surface area contributed by atoms with E-state index in [2.05, 4.69) is 17.0 Å². The highest BCUT2D eigenvalue weighted by molar-refractivity contribution is 5.86. The fourth-order valence-corrected chi connectivity index (χ4v) is 0.906. The average molecular weight is 234 g/mol. The van der Waals surface area contributed by atoms with Crippen LogP contribution in [0.25, 0.3) is 0 Å². The second-order valence-electron chi connectivity index (χ2n) is 3.27. The summed E-state index contributed by atoms with van der Waals surface area (Å²) < 4.78 is 4.79. The molecule has 0 saturated heterocycles. The summed E-state index contributed by atoms with van der Waals surface area (Å²) in [5.41, 5.74) is 1.06. The zero-order valence-corrected chi connectivity index (χ0v) is 9.63. The molecule has 0 aliphatic carbocycles. The van der Waals surface area contributed by atoms with E-state index < -0.39 is 5.97 Å². The Bertz CT molecular complexity index is 401. The summed E-state index contributed by atoms with van der Waals surface area (Å²) in [4.78, 5) is 15.8. The van der Waals surface area contributed by atoms with Crippen LogP contribution in [0.5, 0.6) is 0 Å². The van der Waals surface area contributed by atoms with Gasteiger partial charge in [-0.1, -0.05) is 24.8 Å². The van der Waals surface area contributed by atoms with Gasteiger partial charge in [0.2, 0.25) is 0 Å². The van der Waals surface area contributed by atoms with Crippen LogP contribution in [0.1, 0.15) is 6.92 Å². The van der Waals surface area contributed by atoms with E-state index >= 15 is 0 Å². The van der Waals surface area contributed by atoms with Gasteiger partial charge < -0.3 is 9.57 Å². The number of carbonyl (C=O) groups excluding carboxylic acids is 1. The first-order valence-corrected chi connectivity index (χ1v) is 5.11. The molecule has 0 unspecified atom stereocenters. The summed E-state index contributed by atoms with van der Waals surface area (Å²) in [7, 11) is 0. The Morgan fingerprint density at radius 3 is 2.65 bits per heavy atom. The number of hydrogen-bond donors (Lipinski definition) is 0. The molecule has 0 amide bonds. The molecule has 0 aliphatic rings. The fourth-order valence-electron chi connectivity index (χ4n) is 0.906. The maximum absolute atomic E-state index is 11.0. The van der Waals surface area contributed by atoms with Crippen molar-refractivity contribution in [1.29, 1.82) is 0 Å². The van der Waals surface area contributed by atoms with Gasteiger partial charge in [-0.15, -0.1) is 5.11 Å². The maximum atomic E-state index is 11.0. The number of benzene rings is 1. The Kier molecular flexibility index (Phi) is 5.43. The molecule has 0 bridgehead atoms. The molecule has 1 aromatic carbocycles. The molecule has 1 rings (SSSR count). The van der Waals surface area contributed by atoms with Crippen molar-refractivity contribution in [2.24, 2.45) is 10.4 Å². The van der Waals surface area contributed by atoms with E-state index in [0.29, 0.717) is 11.3 Å². The predicted octanol–water partition coefficient (Wildman–Crippen LogP) is 2.82. The van der Waals surface area contributed by atoms with Gasteiger partial charge >= 0.3 is 5.97 Å². The molecule has 17 heavy (non-hydrogen) atoms. The number of hydrogen-bond acceptors (Lipinski definition) is 5.